The van der Waals surface area contributed by atoms with Crippen LogP contribution in [-0.2, 0) is 4.74 Å². The van der Waals surface area contributed by atoms with Gasteiger partial charge < -0.3 is 20.3 Å². The molecule has 2 rings (SSSR count). The summed E-state index contributed by atoms with van der Waals surface area (Å²) in [6.07, 6.45) is 1.73. The number of pyridine rings is 1. The first kappa shape index (κ1) is 15.7. The highest BCUT2D eigenvalue weighted by atomic mass is 16.5. The Morgan fingerprint density at radius 3 is 2.95 bits per heavy atom. The highest BCUT2D eigenvalue weighted by molar-refractivity contribution is 5.98. The lowest BCUT2D eigenvalue weighted by atomic mass is 10.2. The standard InChI is InChI=1S/C15H24N4O2/c1-3-16-12(2)11-18-15(20)13-5-4-6-17-14(13)19-7-9-21-10-8-19/h4-6,12,16H,3,7-11H2,1-2H3,(H,18,20)/t12-/m1/s1. The van der Waals surface area contributed by atoms with Crippen molar-refractivity contribution in [1.29, 1.82) is 0 Å². The topological polar surface area (TPSA) is 66.5 Å². The molecule has 1 aliphatic heterocycles. The van der Waals surface area contributed by atoms with Crippen molar-refractivity contribution in [3.8, 4) is 0 Å². The molecular weight excluding hydrogens is 268 g/mol. The third kappa shape index (κ3) is 4.41. The summed E-state index contributed by atoms with van der Waals surface area (Å²) in [7, 11) is 0. The first-order valence-corrected chi connectivity index (χ1v) is 7.51. The van der Waals surface area contributed by atoms with Crippen LogP contribution in [0.25, 0.3) is 0 Å². The lowest BCUT2D eigenvalue weighted by Gasteiger charge is -2.29. The van der Waals surface area contributed by atoms with Crippen molar-refractivity contribution in [2.24, 2.45) is 0 Å². The molecule has 1 saturated heterocycles. The number of nitrogens with one attached hydrogen (secondary N) is 2. The molecule has 1 fully saturated rings. The number of morpholine rings is 1. The largest absolute Gasteiger partial charge is 0.378 e. The van der Waals surface area contributed by atoms with Gasteiger partial charge in [-0.3, -0.25) is 4.79 Å². The molecule has 0 aliphatic carbocycles. The Labute approximate surface area is 125 Å². The van der Waals surface area contributed by atoms with Gasteiger partial charge in [-0.25, -0.2) is 4.98 Å². The van der Waals surface area contributed by atoms with E-state index in [9.17, 15) is 4.79 Å². The fraction of sp³-hybridized carbons (Fsp3) is 0.600. The van der Waals surface area contributed by atoms with Gasteiger partial charge in [-0.15, -0.1) is 0 Å². The molecule has 1 aromatic heterocycles. The number of rotatable bonds is 6. The van der Waals surface area contributed by atoms with Crippen LogP contribution in [0.3, 0.4) is 0 Å². The van der Waals surface area contributed by atoms with Gasteiger partial charge >= 0.3 is 0 Å². The highest BCUT2D eigenvalue weighted by Gasteiger charge is 2.19. The van der Waals surface area contributed by atoms with Crippen molar-refractivity contribution < 1.29 is 9.53 Å². The number of likely N-dealkylation sites (N-methyl/N-ethyl adjacent to an activating group) is 1. The van der Waals surface area contributed by atoms with Crippen LogP contribution in [0.15, 0.2) is 18.3 Å². The summed E-state index contributed by atoms with van der Waals surface area (Å²) >= 11 is 0. The van der Waals surface area contributed by atoms with Crippen LogP contribution in [0.1, 0.15) is 24.2 Å². The van der Waals surface area contributed by atoms with Gasteiger partial charge in [0.25, 0.3) is 5.91 Å². The molecule has 1 amide bonds. The maximum absolute atomic E-state index is 12.4. The fourth-order valence-electron chi connectivity index (χ4n) is 2.36. The molecule has 0 bridgehead atoms. The zero-order chi connectivity index (χ0) is 15.1. The van der Waals surface area contributed by atoms with E-state index in [-0.39, 0.29) is 11.9 Å². The normalized spacial score (nSPS) is 16.6. The second-order valence-corrected chi connectivity index (χ2v) is 5.14. The van der Waals surface area contributed by atoms with Gasteiger partial charge in [0.15, 0.2) is 0 Å². The molecule has 6 heteroatoms. The highest BCUT2D eigenvalue weighted by Crippen LogP contribution is 2.18. The third-order valence-electron chi connectivity index (χ3n) is 3.46. The SMILES string of the molecule is CCN[C@H](C)CNC(=O)c1cccnc1N1CCOCC1. The van der Waals surface area contributed by atoms with Gasteiger partial charge in [-0.05, 0) is 25.6 Å². The lowest BCUT2D eigenvalue weighted by molar-refractivity contribution is 0.0948. The summed E-state index contributed by atoms with van der Waals surface area (Å²) in [6, 6.07) is 3.87. The molecule has 1 aliphatic rings. The van der Waals surface area contributed by atoms with E-state index in [1.54, 1.807) is 12.3 Å². The second kappa shape index (κ2) is 7.95. The number of carbonyl (C=O) groups excluding carboxylic acids is 1. The predicted molar refractivity (Wildman–Crippen MR) is 82.7 cm³/mol. The Morgan fingerprint density at radius 1 is 1.48 bits per heavy atom. The molecule has 0 aromatic carbocycles. The summed E-state index contributed by atoms with van der Waals surface area (Å²) < 4.78 is 5.35. The molecule has 21 heavy (non-hydrogen) atoms. The van der Waals surface area contributed by atoms with Crippen LogP contribution in [0, 0.1) is 0 Å². The number of hydrogen-bond acceptors (Lipinski definition) is 5. The molecular formula is C15H24N4O2. The van der Waals surface area contributed by atoms with E-state index in [4.69, 9.17) is 4.74 Å². The minimum absolute atomic E-state index is 0.0747. The number of anilines is 1. The maximum atomic E-state index is 12.4. The number of aromatic nitrogens is 1. The van der Waals surface area contributed by atoms with Crippen molar-refractivity contribution in [3.63, 3.8) is 0 Å². The summed E-state index contributed by atoms with van der Waals surface area (Å²) in [5, 5.41) is 6.24. The smallest absolute Gasteiger partial charge is 0.255 e. The summed E-state index contributed by atoms with van der Waals surface area (Å²) in [5.41, 5.74) is 0.628. The Hall–Kier alpha value is -1.66. The number of amides is 1. The van der Waals surface area contributed by atoms with Crippen molar-refractivity contribution in [2.45, 2.75) is 19.9 Å². The van der Waals surface area contributed by atoms with E-state index >= 15 is 0 Å². The van der Waals surface area contributed by atoms with E-state index < -0.39 is 0 Å². The average Bonchev–Trinajstić information content (AvgIpc) is 2.54. The van der Waals surface area contributed by atoms with Gasteiger partial charge in [0, 0.05) is 31.9 Å². The number of carbonyl (C=O) groups is 1. The third-order valence-corrected chi connectivity index (χ3v) is 3.46. The molecule has 0 radical (unpaired) electrons. The molecule has 0 saturated carbocycles. The van der Waals surface area contributed by atoms with Gasteiger partial charge in [0.2, 0.25) is 0 Å². The first-order valence-electron chi connectivity index (χ1n) is 7.51. The number of nitrogens with zero attached hydrogens (tertiary/aromatic N) is 2. The quantitative estimate of drug-likeness (QED) is 0.806. The van der Waals surface area contributed by atoms with E-state index in [2.05, 4.69) is 34.4 Å². The minimum atomic E-state index is -0.0747. The van der Waals surface area contributed by atoms with Gasteiger partial charge in [-0.2, -0.15) is 0 Å². The number of hydrogen-bond donors (Lipinski definition) is 2. The minimum Gasteiger partial charge on any atom is -0.378 e. The number of ether oxygens (including phenoxy) is 1. The summed E-state index contributed by atoms with van der Waals surface area (Å²) in [4.78, 5) is 18.9. The maximum Gasteiger partial charge on any atom is 0.255 e. The van der Waals surface area contributed by atoms with Crippen molar-refractivity contribution in [3.05, 3.63) is 23.9 Å². The molecule has 1 aromatic rings. The molecule has 2 heterocycles. The van der Waals surface area contributed by atoms with Gasteiger partial charge in [0.05, 0.1) is 18.8 Å². The lowest BCUT2D eigenvalue weighted by Crippen LogP contribution is -2.41. The molecule has 0 spiro atoms. The van der Waals surface area contributed by atoms with Crippen LogP contribution in [0.5, 0.6) is 0 Å². The van der Waals surface area contributed by atoms with Crippen LogP contribution < -0.4 is 15.5 Å². The average molecular weight is 292 g/mol. The predicted octanol–water partition coefficient (Wildman–Crippen LogP) is 0.646. The molecule has 1 atom stereocenters. The first-order chi connectivity index (χ1) is 10.2. The summed E-state index contributed by atoms with van der Waals surface area (Å²) in [5.74, 6) is 0.670. The molecule has 2 N–H and O–H groups in total. The van der Waals surface area contributed by atoms with E-state index in [0.717, 1.165) is 25.5 Å². The van der Waals surface area contributed by atoms with Crippen molar-refractivity contribution >= 4 is 11.7 Å². The van der Waals surface area contributed by atoms with Crippen molar-refractivity contribution in [2.75, 3.05) is 44.3 Å². The van der Waals surface area contributed by atoms with Crippen molar-refractivity contribution in [1.82, 2.24) is 15.6 Å². The zero-order valence-electron chi connectivity index (χ0n) is 12.8. The Balaban J connectivity index is 2.03. The molecule has 116 valence electrons. The Morgan fingerprint density at radius 2 is 2.24 bits per heavy atom. The van der Waals surface area contributed by atoms with Gasteiger partial charge in [0.1, 0.15) is 5.82 Å². The van der Waals surface area contributed by atoms with Crippen LogP contribution in [0.4, 0.5) is 5.82 Å². The van der Waals surface area contributed by atoms with Crippen LogP contribution >= 0.6 is 0 Å². The van der Waals surface area contributed by atoms with Gasteiger partial charge in [-0.1, -0.05) is 6.92 Å². The van der Waals surface area contributed by atoms with Crippen LogP contribution in [0.2, 0.25) is 0 Å². The summed E-state index contributed by atoms with van der Waals surface area (Å²) in [6.45, 7) is 8.49. The van der Waals surface area contributed by atoms with E-state index in [0.29, 0.717) is 25.3 Å². The van der Waals surface area contributed by atoms with E-state index in [1.165, 1.54) is 0 Å². The molecule has 6 nitrogen and oxygen atoms in total. The fourth-order valence-corrected chi connectivity index (χ4v) is 2.36. The Kier molecular flexibility index (Phi) is 5.95. The molecule has 0 unspecified atom stereocenters. The Bertz CT molecular complexity index is 461. The zero-order valence-corrected chi connectivity index (χ0v) is 12.8. The van der Waals surface area contributed by atoms with E-state index in [1.807, 2.05) is 6.07 Å². The monoisotopic (exact) mass is 292 g/mol. The second-order valence-electron chi connectivity index (χ2n) is 5.14. The van der Waals surface area contributed by atoms with Crippen LogP contribution in [-0.4, -0.2) is 56.3 Å².